The van der Waals surface area contributed by atoms with E-state index in [4.69, 9.17) is 9.47 Å². The van der Waals surface area contributed by atoms with Gasteiger partial charge in [-0.05, 0) is 36.8 Å². The van der Waals surface area contributed by atoms with Gasteiger partial charge in [-0.25, -0.2) is 4.79 Å². The van der Waals surface area contributed by atoms with Gasteiger partial charge in [-0.2, -0.15) is 0 Å². The number of urea groups is 1. The lowest BCUT2D eigenvalue weighted by Gasteiger charge is -2.26. The number of nitrogens with one attached hydrogen (secondary N) is 2. The van der Waals surface area contributed by atoms with Crippen molar-refractivity contribution in [3.63, 3.8) is 0 Å². The maximum atomic E-state index is 12.0. The SMILES string of the molecule is C[C@@H](NC(=O)NC[C@H]1COc2ccccc2O1)c1ccncc1. The predicted octanol–water partition coefficient (Wildman–Crippen LogP) is 2.28. The third-order valence-electron chi connectivity index (χ3n) is 3.61. The van der Waals surface area contributed by atoms with Crippen molar-refractivity contribution in [1.82, 2.24) is 15.6 Å². The Labute approximate surface area is 134 Å². The molecular weight excluding hydrogens is 294 g/mol. The van der Waals surface area contributed by atoms with Gasteiger partial charge in [-0.1, -0.05) is 12.1 Å². The molecular formula is C17H19N3O3. The molecule has 1 aliphatic heterocycles. The highest BCUT2D eigenvalue weighted by atomic mass is 16.6. The van der Waals surface area contributed by atoms with Crippen LogP contribution in [0.1, 0.15) is 18.5 Å². The van der Waals surface area contributed by atoms with Gasteiger partial charge in [0.15, 0.2) is 17.6 Å². The summed E-state index contributed by atoms with van der Waals surface area (Å²) < 4.78 is 11.4. The molecule has 6 heteroatoms. The molecule has 23 heavy (non-hydrogen) atoms. The highest BCUT2D eigenvalue weighted by Crippen LogP contribution is 2.30. The van der Waals surface area contributed by atoms with Gasteiger partial charge in [0.25, 0.3) is 0 Å². The molecule has 1 aliphatic rings. The van der Waals surface area contributed by atoms with Crippen LogP contribution >= 0.6 is 0 Å². The molecule has 0 spiro atoms. The van der Waals surface area contributed by atoms with Crippen molar-refractivity contribution in [2.45, 2.75) is 19.1 Å². The molecule has 2 atom stereocenters. The number of nitrogens with zero attached hydrogens (tertiary/aromatic N) is 1. The average Bonchev–Trinajstić information content (AvgIpc) is 2.60. The van der Waals surface area contributed by atoms with Crippen molar-refractivity contribution in [2.24, 2.45) is 0 Å². The van der Waals surface area contributed by atoms with Crippen molar-refractivity contribution >= 4 is 6.03 Å². The van der Waals surface area contributed by atoms with E-state index in [1.807, 2.05) is 43.3 Å². The first-order chi connectivity index (χ1) is 11.2. The molecule has 120 valence electrons. The normalized spacial score (nSPS) is 17.2. The number of hydrogen-bond acceptors (Lipinski definition) is 4. The summed E-state index contributed by atoms with van der Waals surface area (Å²) >= 11 is 0. The second kappa shape index (κ2) is 7.00. The van der Waals surface area contributed by atoms with Crippen LogP contribution in [0.15, 0.2) is 48.8 Å². The number of aromatic nitrogens is 1. The summed E-state index contributed by atoms with van der Waals surface area (Å²) in [5.41, 5.74) is 1.00. The maximum absolute atomic E-state index is 12.0. The van der Waals surface area contributed by atoms with E-state index in [9.17, 15) is 4.79 Å². The van der Waals surface area contributed by atoms with Gasteiger partial charge >= 0.3 is 6.03 Å². The average molecular weight is 313 g/mol. The fraction of sp³-hybridized carbons (Fsp3) is 0.294. The van der Waals surface area contributed by atoms with Gasteiger partial charge in [-0.15, -0.1) is 0 Å². The number of benzene rings is 1. The van der Waals surface area contributed by atoms with E-state index >= 15 is 0 Å². The zero-order valence-electron chi connectivity index (χ0n) is 12.9. The number of hydrogen-bond donors (Lipinski definition) is 2. The Kier molecular flexibility index (Phi) is 4.61. The minimum atomic E-state index is -0.239. The van der Waals surface area contributed by atoms with Crippen LogP contribution in [0.25, 0.3) is 0 Å². The van der Waals surface area contributed by atoms with Crippen molar-refractivity contribution < 1.29 is 14.3 Å². The van der Waals surface area contributed by atoms with Gasteiger partial charge in [0.05, 0.1) is 12.6 Å². The summed E-state index contributed by atoms with van der Waals surface area (Å²) in [5.74, 6) is 1.44. The monoisotopic (exact) mass is 313 g/mol. The Morgan fingerprint density at radius 2 is 2.00 bits per heavy atom. The summed E-state index contributed by atoms with van der Waals surface area (Å²) in [6.07, 6.45) is 3.21. The Balaban J connectivity index is 1.47. The highest BCUT2D eigenvalue weighted by Gasteiger charge is 2.21. The maximum Gasteiger partial charge on any atom is 0.315 e. The van der Waals surface area contributed by atoms with E-state index in [2.05, 4.69) is 15.6 Å². The molecule has 2 heterocycles. The van der Waals surface area contributed by atoms with E-state index in [1.165, 1.54) is 0 Å². The second-order valence-corrected chi connectivity index (χ2v) is 5.35. The van der Waals surface area contributed by atoms with E-state index in [0.29, 0.717) is 18.9 Å². The number of carbonyl (C=O) groups is 1. The Morgan fingerprint density at radius 3 is 2.78 bits per heavy atom. The number of para-hydroxylation sites is 2. The number of fused-ring (bicyclic) bond motifs is 1. The van der Waals surface area contributed by atoms with Gasteiger partial charge in [0, 0.05) is 12.4 Å². The predicted molar refractivity (Wildman–Crippen MR) is 85.5 cm³/mol. The van der Waals surface area contributed by atoms with Crippen molar-refractivity contribution in [3.05, 3.63) is 54.4 Å². The third-order valence-corrected chi connectivity index (χ3v) is 3.61. The van der Waals surface area contributed by atoms with Crippen LogP contribution in [0.3, 0.4) is 0 Å². The molecule has 6 nitrogen and oxygen atoms in total. The summed E-state index contributed by atoms with van der Waals surface area (Å²) in [7, 11) is 0. The number of rotatable bonds is 4. The first kappa shape index (κ1) is 15.1. The molecule has 2 aromatic rings. The van der Waals surface area contributed by atoms with Gasteiger partial charge in [0.1, 0.15) is 6.61 Å². The smallest absolute Gasteiger partial charge is 0.315 e. The lowest BCUT2D eigenvalue weighted by molar-refractivity contribution is 0.0917. The van der Waals surface area contributed by atoms with Gasteiger partial charge < -0.3 is 20.1 Å². The fourth-order valence-electron chi connectivity index (χ4n) is 2.35. The quantitative estimate of drug-likeness (QED) is 0.908. The molecule has 0 saturated carbocycles. The Hall–Kier alpha value is -2.76. The molecule has 0 unspecified atom stereocenters. The minimum Gasteiger partial charge on any atom is -0.486 e. The van der Waals surface area contributed by atoms with E-state index < -0.39 is 0 Å². The molecule has 0 fully saturated rings. The standard InChI is InChI=1S/C17H19N3O3/c1-12(13-6-8-18-9-7-13)20-17(21)19-10-14-11-22-15-4-2-3-5-16(15)23-14/h2-9,12,14H,10-11H2,1H3,(H2,19,20,21)/t12-,14+/m1/s1. The minimum absolute atomic E-state index is 0.0951. The Morgan fingerprint density at radius 1 is 1.26 bits per heavy atom. The van der Waals surface area contributed by atoms with Crippen molar-refractivity contribution in [3.8, 4) is 11.5 Å². The first-order valence-electron chi connectivity index (χ1n) is 7.55. The zero-order valence-corrected chi connectivity index (χ0v) is 12.9. The molecule has 1 aromatic heterocycles. The largest absolute Gasteiger partial charge is 0.486 e. The molecule has 3 rings (SSSR count). The summed E-state index contributed by atoms with van der Waals surface area (Å²) in [6.45, 7) is 2.71. The zero-order chi connectivity index (χ0) is 16.1. The summed E-state index contributed by atoms with van der Waals surface area (Å²) in [4.78, 5) is 15.9. The summed E-state index contributed by atoms with van der Waals surface area (Å²) in [6, 6.07) is 10.9. The lowest BCUT2D eigenvalue weighted by atomic mass is 10.1. The number of ether oxygens (including phenoxy) is 2. The number of amides is 2. The van der Waals surface area contributed by atoms with Crippen LogP contribution in [-0.4, -0.2) is 30.3 Å². The molecule has 1 aromatic carbocycles. The van der Waals surface area contributed by atoms with E-state index in [-0.39, 0.29) is 18.2 Å². The molecule has 0 bridgehead atoms. The van der Waals surface area contributed by atoms with E-state index in [0.717, 1.165) is 11.3 Å². The Bertz CT molecular complexity index is 663. The molecule has 0 radical (unpaired) electrons. The molecule has 0 saturated heterocycles. The molecule has 2 N–H and O–H groups in total. The van der Waals surface area contributed by atoms with Crippen LogP contribution in [-0.2, 0) is 0 Å². The molecule has 0 aliphatic carbocycles. The topological polar surface area (TPSA) is 72.5 Å². The molecule has 2 amide bonds. The van der Waals surface area contributed by atoms with Crippen LogP contribution in [0, 0.1) is 0 Å². The fourth-order valence-corrected chi connectivity index (χ4v) is 2.35. The summed E-state index contributed by atoms with van der Waals surface area (Å²) in [5, 5.41) is 5.69. The van der Waals surface area contributed by atoms with Crippen LogP contribution < -0.4 is 20.1 Å². The van der Waals surface area contributed by atoms with Crippen LogP contribution in [0.5, 0.6) is 11.5 Å². The van der Waals surface area contributed by atoms with Gasteiger partial charge in [-0.3, -0.25) is 4.98 Å². The highest BCUT2D eigenvalue weighted by molar-refractivity contribution is 5.74. The van der Waals surface area contributed by atoms with Crippen molar-refractivity contribution in [2.75, 3.05) is 13.2 Å². The van der Waals surface area contributed by atoms with Crippen LogP contribution in [0.2, 0.25) is 0 Å². The second-order valence-electron chi connectivity index (χ2n) is 5.35. The van der Waals surface area contributed by atoms with E-state index in [1.54, 1.807) is 12.4 Å². The van der Waals surface area contributed by atoms with Crippen molar-refractivity contribution in [1.29, 1.82) is 0 Å². The number of carbonyl (C=O) groups excluding carboxylic acids is 1. The first-order valence-corrected chi connectivity index (χ1v) is 7.55. The van der Waals surface area contributed by atoms with Gasteiger partial charge in [0.2, 0.25) is 0 Å². The van der Waals surface area contributed by atoms with Crippen LogP contribution in [0.4, 0.5) is 4.79 Å². The third kappa shape index (κ3) is 3.91. The lowest BCUT2D eigenvalue weighted by Crippen LogP contribution is -2.45. The number of pyridine rings is 1.